The Kier molecular flexibility index (Phi) is 7.27. The van der Waals surface area contributed by atoms with Crippen molar-refractivity contribution in [3.63, 3.8) is 0 Å². The van der Waals surface area contributed by atoms with E-state index in [4.69, 9.17) is 15.7 Å². The van der Waals surface area contributed by atoms with E-state index in [1.807, 2.05) is 0 Å². The summed E-state index contributed by atoms with van der Waals surface area (Å²) in [6.45, 7) is 6.70. The highest BCUT2D eigenvalue weighted by Crippen LogP contribution is 2.11. The SMILES string of the molecule is CC(C)CN(CCCOc1ccc(C#N)cc1)CC(N)=O. The third-order valence-corrected chi connectivity index (χ3v) is 2.87. The number of nitriles is 1. The Balaban J connectivity index is 2.32. The van der Waals surface area contributed by atoms with Crippen LogP contribution in [0.1, 0.15) is 25.8 Å². The van der Waals surface area contributed by atoms with Crippen molar-refractivity contribution in [3.8, 4) is 11.8 Å². The molecule has 0 spiro atoms. The molecule has 0 saturated heterocycles. The van der Waals surface area contributed by atoms with Gasteiger partial charge in [0.15, 0.2) is 0 Å². The number of carbonyl (C=O) groups is 1. The number of amides is 1. The van der Waals surface area contributed by atoms with Gasteiger partial charge in [0, 0.05) is 13.1 Å². The molecule has 0 aliphatic rings. The highest BCUT2D eigenvalue weighted by Gasteiger charge is 2.09. The second-order valence-corrected chi connectivity index (χ2v) is 5.43. The maximum absolute atomic E-state index is 11.0. The smallest absolute Gasteiger partial charge is 0.231 e. The summed E-state index contributed by atoms with van der Waals surface area (Å²) in [4.78, 5) is 13.1. The Morgan fingerprint density at radius 1 is 1.38 bits per heavy atom. The maximum atomic E-state index is 11.0. The van der Waals surface area contributed by atoms with Gasteiger partial charge < -0.3 is 10.5 Å². The molecule has 0 heterocycles. The molecule has 0 saturated carbocycles. The van der Waals surface area contributed by atoms with Crippen molar-refractivity contribution in [1.82, 2.24) is 4.90 Å². The van der Waals surface area contributed by atoms with Crippen molar-refractivity contribution in [2.24, 2.45) is 11.7 Å². The molecular formula is C16H23N3O2. The van der Waals surface area contributed by atoms with Crippen LogP contribution in [0.25, 0.3) is 0 Å². The third-order valence-electron chi connectivity index (χ3n) is 2.87. The number of primary amides is 1. The van der Waals surface area contributed by atoms with Crippen molar-refractivity contribution >= 4 is 5.91 Å². The van der Waals surface area contributed by atoms with E-state index in [1.165, 1.54) is 0 Å². The van der Waals surface area contributed by atoms with Crippen LogP contribution in [0, 0.1) is 17.2 Å². The van der Waals surface area contributed by atoms with E-state index in [9.17, 15) is 4.79 Å². The number of hydrogen-bond donors (Lipinski definition) is 1. The van der Waals surface area contributed by atoms with Gasteiger partial charge in [-0.2, -0.15) is 5.26 Å². The average Bonchev–Trinajstić information content (AvgIpc) is 2.43. The number of nitrogens with two attached hydrogens (primary N) is 1. The number of ether oxygens (including phenoxy) is 1. The van der Waals surface area contributed by atoms with E-state index in [0.29, 0.717) is 18.1 Å². The summed E-state index contributed by atoms with van der Waals surface area (Å²) in [6, 6.07) is 9.10. The van der Waals surface area contributed by atoms with Crippen LogP contribution < -0.4 is 10.5 Å². The van der Waals surface area contributed by atoms with Crippen LogP contribution in [0.3, 0.4) is 0 Å². The molecule has 5 nitrogen and oxygen atoms in total. The highest BCUT2D eigenvalue weighted by atomic mass is 16.5. The van der Waals surface area contributed by atoms with Crippen molar-refractivity contribution in [2.45, 2.75) is 20.3 Å². The predicted molar refractivity (Wildman–Crippen MR) is 81.7 cm³/mol. The first-order valence-corrected chi connectivity index (χ1v) is 7.15. The van der Waals surface area contributed by atoms with E-state index in [-0.39, 0.29) is 12.5 Å². The highest BCUT2D eigenvalue weighted by molar-refractivity contribution is 5.75. The normalized spacial score (nSPS) is 10.6. The zero-order valence-corrected chi connectivity index (χ0v) is 12.7. The zero-order valence-electron chi connectivity index (χ0n) is 12.7. The van der Waals surface area contributed by atoms with Gasteiger partial charge >= 0.3 is 0 Å². The Hall–Kier alpha value is -2.06. The molecule has 2 N–H and O–H groups in total. The second kappa shape index (κ2) is 8.98. The molecular weight excluding hydrogens is 266 g/mol. The number of nitrogens with zero attached hydrogens (tertiary/aromatic N) is 2. The summed E-state index contributed by atoms with van der Waals surface area (Å²) in [7, 11) is 0. The molecule has 1 amide bonds. The van der Waals surface area contributed by atoms with Crippen LogP contribution in [0.15, 0.2) is 24.3 Å². The van der Waals surface area contributed by atoms with Crippen LogP contribution in [0.5, 0.6) is 5.75 Å². The van der Waals surface area contributed by atoms with Crippen LogP contribution in [-0.4, -0.2) is 37.0 Å². The van der Waals surface area contributed by atoms with Crippen molar-refractivity contribution in [1.29, 1.82) is 5.26 Å². The lowest BCUT2D eigenvalue weighted by Gasteiger charge is -2.22. The topological polar surface area (TPSA) is 79.3 Å². The van der Waals surface area contributed by atoms with Gasteiger partial charge in [-0.15, -0.1) is 0 Å². The molecule has 0 aliphatic carbocycles. The van der Waals surface area contributed by atoms with Crippen LogP contribution in [0.2, 0.25) is 0 Å². The lowest BCUT2D eigenvalue weighted by Crippen LogP contribution is -2.37. The summed E-state index contributed by atoms with van der Waals surface area (Å²) in [5, 5.41) is 8.71. The number of hydrogen-bond acceptors (Lipinski definition) is 4. The summed E-state index contributed by atoms with van der Waals surface area (Å²) in [6.07, 6.45) is 0.819. The fourth-order valence-electron chi connectivity index (χ4n) is 2.08. The first-order chi connectivity index (χ1) is 10.0. The Morgan fingerprint density at radius 2 is 2.05 bits per heavy atom. The second-order valence-electron chi connectivity index (χ2n) is 5.43. The first kappa shape index (κ1) is 17.0. The van der Waals surface area contributed by atoms with E-state index < -0.39 is 0 Å². The van der Waals surface area contributed by atoms with Gasteiger partial charge in [0.2, 0.25) is 5.91 Å². The van der Waals surface area contributed by atoms with E-state index in [1.54, 1.807) is 24.3 Å². The van der Waals surface area contributed by atoms with Crippen molar-refractivity contribution < 1.29 is 9.53 Å². The quantitative estimate of drug-likeness (QED) is 0.703. The molecule has 0 bridgehead atoms. The zero-order chi connectivity index (χ0) is 15.7. The van der Waals surface area contributed by atoms with Crippen LogP contribution in [-0.2, 0) is 4.79 Å². The van der Waals surface area contributed by atoms with Gasteiger partial charge in [0.1, 0.15) is 5.75 Å². The molecule has 0 fully saturated rings. The molecule has 0 radical (unpaired) electrons. The van der Waals surface area contributed by atoms with E-state index >= 15 is 0 Å². The molecule has 114 valence electrons. The van der Waals surface area contributed by atoms with Crippen molar-refractivity contribution in [2.75, 3.05) is 26.2 Å². The molecule has 21 heavy (non-hydrogen) atoms. The largest absolute Gasteiger partial charge is 0.494 e. The van der Waals surface area contributed by atoms with Crippen LogP contribution >= 0.6 is 0 Å². The van der Waals surface area contributed by atoms with Gasteiger partial charge in [-0.3, -0.25) is 9.69 Å². The minimum Gasteiger partial charge on any atom is -0.494 e. The Labute approximate surface area is 126 Å². The average molecular weight is 289 g/mol. The monoisotopic (exact) mass is 289 g/mol. The lowest BCUT2D eigenvalue weighted by atomic mass is 10.2. The van der Waals surface area contributed by atoms with Gasteiger partial charge in [-0.25, -0.2) is 0 Å². The van der Waals surface area contributed by atoms with Gasteiger partial charge in [0.05, 0.1) is 24.8 Å². The summed E-state index contributed by atoms with van der Waals surface area (Å²) in [5.41, 5.74) is 5.87. The molecule has 0 atom stereocenters. The number of benzene rings is 1. The van der Waals surface area contributed by atoms with Crippen molar-refractivity contribution in [3.05, 3.63) is 29.8 Å². The van der Waals surface area contributed by atoms with E-state index in [2.05, 4.69) is 24.8 Å². The molecule has 1 aromatic rings. The maximum Gasteiger partial charge on any atom is 0.231 e. The Morgan fingerprint density at radius 3 is 2.57 bits per heavy atom. The standard InChI is InChI=1S/C16H23N3O2/c1-13(2)11-19(12-16(18)20)8-3-9-21-15-6-4-14(10-17)5-7-15/h4-7,13H,3,8-9,11-12H2,1-2H3,(H2,18,20). The predicted octanol–water partition coefficient (Wildman–Crippen LogP) is 1.77. The van der Waals surface area contributed by atoms with E-state index in [0.717, 1.165) is 25.3 Å². The molecule has 0 aliphatic heterocycles. The fraction of sp³-hybridized carbons (Fsp3) is 0.500. The molecule has 1 aromatic carbocycles. The molecule has 1 rings (SSSR count). The summed E-state index contributed by atoms with van der Waals surface area (Å²) >= 11 is 0. The van der Waals surface area contributed by atoms with Crippen LogP contribution in [0.4, 0.5) is 0 Å². The first-order valence-electron chi connectivity index (χ1n) is 7.15. The molecule has 0 unspecified atom stereocenters. The lowest BCUT2D eigenvalue weighted by molar-refractivity contribution is -0.119. The fourth-order valence-corrected chi connectivity index (χ4v) is 2.08. The number of carbonyl (C=O) groups excluding carboxylic acids is 1. The van der Waals surface area contributed by atoms with Gasteiger partial charge in [0.25, 0.3) is 0 Å². The molecule has 5 heteroatoms. The summed E-state index contributed by atoms with van der Waals surface area (Å²) < 4.78 is 5.61. The molecule has 0 aromatic heterocycles. The van der Waals surface area contributed by atoms with Gasteiger partial charge in [-0.1, -0.05) is 13.8 Å². The summed E-state index contributed by atoms with van der Waals surface area (Å²) in [5.74, 6) is 0.937. The van der Waals surface area contributed by atoms with Gasteiger partial charge in [-0.05, 0) is 36.6 Å². The minimum absolute atomic E-state index is 0.287. The number of rotatable bonds is 9. The third kappa shape index (κ3) is 7.33. The Bertz CT molecular complexity index is 477. The minimum atomic E-state index is -0.302.